The molecule has 0 spiro atoms. The third-order valence-corrected chi connectivity index (χ3v) is 6.38. The number of benzene rings is 2. The van der Waals surface area contributed by atoms with Crippen molar-refractivity contribution in [2.75, 3.05) is 42.9 Å². The van der Waals surface area contributed by atoms with Crippen molar-refractivity contribution >= 4 is 33.2 Å². The molecule has 2 aromatic carbocycles. The second kappa shape index (κ2) is 7.96. The highest BCUT2D eigenvalue weighted by Crippen LogP contribution is 2.33. The first-order valence-corrected chi connectivity index (χ1v) is 10.9. The van der Waals surface area contributed by atoms with Crippen LogP contribution in [0.15, 0.2) is 41.3 Å². The number of amides is 2. The zero-order valence-electron chi connectivity index (χ0n) is 16.3. The molecule has 2 amide bonds. The van der Waals surface area contributed by atoms with E-state index < -0.39 is 10.0 Å². The number of fused-ring (bicyclic) bond motifs is 1. The molecule has 30 heavy (non-hydrogen) atoms. The first-order chi connectivity index (χ1) is 14.3. The molecule has 0 unspecified atom stereocenters. The summed E-state index contributed by atoms with van der Waals surface area (Å²) in [5.74, 6) is -0.106. The Morgan fingerprint density at radius 1 is 1.17 bits per heavy atom. The molecule has 1 saturated heterocycles. The summed E-state index contributed by atoms with van der Waals surface area (Å²) in [6.45, 7) is 3.49. The number of hydrogen-bond donors (Lipinski definition) is 2. The van der Waals surface area contributed by atoms with Crippen LogP contribution in [0, 0.1) is 6.92 Å². The molecule has 0 atom stereocenters. The Kier molecular flexibility index (Phi) is 5.35. The first kappa shape index (κ1) is 20.2. The van der Waals surface area contributed by atoms with E-state index in [0.717, 1.165) is 0 Å². The van der Waals surface area contributed by atoms with E-state index in [1.165, 1.54) is 12.1 Å². The van der Waals surface area contributed by atoms with E-state index in [-0.39, 0.29) is 29.0 Å². The smallest absolute Gasteiger partial charge is 0.262 e. The van der Waals surface area contributed by atoms with Crippen LogP contribution in [0.2, 0.25) is 0 Å². The number of sulfonamides is 1. The summed E-state index contributed by atoms with van der Waals surface area (Å²) in [4.78, 5) is 25.9. The fourth-order valence-electron chi connectivity index (χ4n) is 3.37. The lowest BCUT2D eigenvalue weighted by Gasteiger charge is -2.27. The van der Waals surface area contributed by atoms with Crippen LogP contribution >= 0.6 is 0 Å². The van der Waals surface area contributed by atoms with Crippen molar-refractivity contribution in [1.82, 2.24) is 4.90 Å². The third-order valence-electron chi connectivity index (χ3n) is 4.86. The van der Waals surface area contributed by atoms with Gasteiger partial charge < -0.3 is 19.7 Å². The van der Waals surface area contributed by atoms with E-state index in [0.29, 0.717) is 48.9 Å². The average molecular weight is 431 g/mol. The number of hydrogen-bond acceptors (Lipinski definition) is 6. The monoisotopic (exact) mass is 431 g/mol. The number of nitrogens with one attached hydrogen (secondary N) is 2. The largest absolute Gasteiger partial charge is 0.482 e. The molecule has 9 nitrogen and oxygen atoms in total. The maximum absolute atomic E-state index is 13.0. The van der Waals surface area contributed by atoms with Crippen LogP contribution in [0.1, 0.15) is 15.9 Å². The van der Waals surface area contributed by atoms with Gasteiger partial charge in [0.05, 0.1) is 23.8 Å². The number of carbonyl (C=O) groups excluding carboxylic acids is 2. The topological polar surface area (TPSA) is 114 Å². The number of nitrogens with zero attached hydrogens (tertiary/aromatic N) is 1. The molecule has 4 rings (SSSR count). The molecule has 0 bridgehead atoms. The van der Waals surface area contributed by atoms with Crippen molar-refractivity contribution in [1.29, 1.82) is 0 Å². The van der Waals surface area contributed by atoms with Gasteiger partial charge in [-0.1, -0.05) is 6.07 Å². The Hall–Kier alpha value is -3.11. The van der Waals surface area contributed by atoms with Crippen molar-refractivity contribution < 1.29 is 27.5 Å². The van der Waals surface area contributed by atoms with Crippen LogP contribution in [-0.4, -0.2) is 58.0 Å². The number of morpholine rings is 1. The van der Waals surface area contributed by atoms with E-state index in [1.54, 1.807) is 36.1 Å². The van der Waals surface area contributed by atoms with Crippen molar-refractivity contribution in [3.8, 4) is 5.75 Å². The fraction of sp³-hybridized carbons (Fsp3) is 0.300. The van der Waals surface area contributed by atoms with Gasteiger partial charge in [0.2, 0.25) is 0 Å². The van der Waals surface area contributed by atoms with E-state index >= 15 is 0 Å². The lowest BCUT2D eigenvalue weighted by molar-refractivity contribution is -0.118. The van der Waals surface area contributed by atoms with Crippen molar-refractivity contribution in [3.05, 3.63) is 47.5 Å². The van der Waals surface area contributed by atoms with Gasteiger partial charge in [0.1, 0.15) is 5.75 Å². The Morgan fingerprint density at radius 3 is 2.70 bits per heavy atom. The molecule has 0 saturated carbocycles. The minimum absolute atomic E-state index is 0.0111. The highest BCUT2D eigenvalue weighted by Gasteiger charge is 2.24. The van der Waals surface area contributed by atoms with Gasteiger partial charge >= 0.3 is 0 Å². The minimum Gasteiger partial charge on any atom is -0.482 e. The summed E-state index contributed by atoms with van der Waals surface area (Å²) >= 11 is 0. The van der Waals surface area contributed by atoms with Gasteiger partial charge in [-0.05, 0) is 42.8 Å². The lowest BCUT2D eigenvalue weighted by Crippen LogP contribution is -2.40. The predicted octanol–water partition coefficient (Wildman–Crippen LogP) is 1.60. The van der Waals surface area contributed by atoms with Crippen LogP contribution in [-0.2, 0) is 19.6 Å². The molecule has 2 heterocycles. The molecule has 0 radical (unpaired) electrons. The number of anilines is 2. The van der Waals surface area contributed by atoms with Crippen LogP contribution in [0.25, 0.3) is 0 Å². The van der Waals surface area contributed by atoms with Gasteiger partial charge in [-0.3, -0.25) is 14.3 Å². The SMILES string of the molecule is Cc1cc2c(cc1S(=O)(=O)Nc1cccc(C(=O)N3CCOCC3)c1)NC(=O)CO2. The Balaban J connectivity index is 1.59. The lowest BCUT2D eigenvalue weighted by atomic mass is 10.1. The number of ether oxygens (including phenoxy) is 2. The van der Waals surface area contributed by atoms with Gasteiger partial charge in [0.15, 0.2) is 6.61 Å². The second-order valence-electron chi connectivity index (χ2n) is 7.04. The number of rotatable bonds is 4. The summed E-state index contributed by atoms with van der Waals surface area (Å²) in [6, 6.07) is 9.29. The number of carbonyl (C=O) groups is 2. The molecular formula is C20H21N3O6S. The van der Waals surface area contributed by atoms with Crippen LogP contribution in [0.5, 0.6) is 5.75 Å². The predicted molar refractivity (Wildman–Crippen MR) is 109 cm³/mol. The maximum atomic E-state index is 13.0. The zero-order chi connectivity index (χ0) is 21.3. The Morgan fingerprint density at radius 2 is 1.93 bits per heavy atom. The van der Waals surface area contributed by atoms with Gasteiger partial charge in [0, 0.05) is 24.3 Å². The van der Waals surface area contributed by atoms with Gasteiger partial charge in [-0.15, -0.1) is 0 Å². The summed E-state index contributed by atoms with van der Waals surface area (Å²) < 4.78 is 39.1. The molecule has 10 heteroatoms. The second-order valence-corrected chi connectivity index (χ2v) is 8.69. The molecule has 2 N–H and O–H groups in total. The van der Waals surface area contributed by atoms with Crippen LogP contribution in [0.4, 0.5) is 11.4 Å². The molecule has 0 aliphatic carbocycles. The van der Waals surface area contributed by atoms with Gasteiger partial charge in [-0.2, -0.15) is 0 Å². The normalized spacial score (nSPS) is 16.3. The summed E-state index contributed by atoms with van der Waals surface area (Å²) in [6.07, 6.45) is 0. The molecular weight excluding hydrogens is 410 g/mol. The quantitative estimate of drug-likeness (QED) is 0.760. The van der Waals surface area contributed by atoms with Gasteiger partial charge in [-0.25, -0.2) is 8.42 Å². The van der Waals surface area contributed by atoms with E-state index in [2.05, 4.69) is 10.0 Å². The maximum Gasteiger partial charge on any atom is 0.262 e. The molecule has 2 aliphatic heterocycles. The van der Waals surface area contributed by atoms with Gasteiger partial charge in [0.25, 0.3) is 21.8 Å². The number of aryl methyl sites for hydroxylation is 1. The standard InChI is InChI=1S/C20H21N3O6S/c1-13-9-17-16(21-19(24)12-29-17)11-18(13)30(26,27)22-15-4-2-3-14(10-15)20(25)23-5-7-28-8-6-23/h2-4,9-11,22H,5-8,12H2,1H3,(H,21,24). The minimum atomic E-state index is -3.96. The molecule has 158 valence electrons. The summed E-state index contributed by atoms with van der Waals surface area (Å²) in [5.41, 5.74) is 1.43. The third kappa shape index (κ3) is 4.10. The first-order valence-electron chi connectivity index (χ1n) is 9.41. The Labute approximate surface area is 174 Å². The molecule has 2 aliphatic rings. The van der Waals surface area contributed by atoms with Crippen LogP contribution < -0.4 is 14.8 Å². The average Bonchev–Trinajstić information content (AvgIpc) is 2.73. The van der Waals surface area contributed by atoms with Crippen molar-refractivity contribution in [3.63, 3.8) is 0 Å². The summed E-state index contributed by atoms with van der Waals surface area (Å²) in [7, 11) is -3.96. The van der Waals surface area contributed by atoms with Crippen molar-refractivity contribution in [2.24, 2.45) is 0 Å². The molecule has 0 aromatic heterocycles. The zero-order valence-corrected chi connectivity index (χ0v) is 17.1. The van der Waals surface area contributed by atoms with E-state index in [4.69, 9.17) is 9.47 Å². The molecule has 2 aromatic rings. The highest BCUT2D eigenvalue weighted by atomic mass is 32.2. The summed E-state index contributed by atoms with van der Waals surface area (Å²) in [5, 5.41) is 2.61. The van der Waals surface area contributed by atoms with E-state index in [9.17, 15) is 18.0 Å². The fourth-order valence-corrected chi connectivity index (χ4v) is 4.68. The highest BCUT2D eigenvalue weighted by molar-refractivity contribution is 7.92. The Bertz CT molecular complexity index is 1110. The van der Waals surface area contributed by atoms with Crippen LogP contribution in [0.3, 0.4) is 0 Å². The van der Waals surface area contributed by atoms with E-state index in [1.807, 2.05) is 0 Å². The molecule has 1 fully saturated rings. The van der Waals surface area contributed by atoms with Crippen molar-refractivity contribution in [2.45, 2.75) is 11.8 Å².